The van der Waals surface area contributed by atoms with Gasteiger partial charge < -0.3 is 101 Å². The molecule has 0 saturated carbocycles. The fourth-order valence-corrected chi connectivity index (χ4v) is 15.9. The van der Waals surface area contributed by atoms with Crippen LogP contribution >= 0.6 is 0 Å². The minimum absolute atomic E-state index is 0.0125. The van der Waals surface area contributed by atoms with Crippen molar-refractivity contribution in [3.63, 3.8) is 0 Å². The van der Waals surface area contributed by atoms with Crippen molar-refractivity contribution in [3.8, 4) is 0 Å². The molecule has 0 aromatic rings. The van der Waals surface area contributed by atoms with Gasteiger partial charge in [-0.1, -0.05) is 279 Å². The number of hydrogen-bond donors (Lipinski definition) is 2. The third kappa shape index (κ3) is 100. The second-order valence-electron chi connectivity index (χ2n) is 38.5. The third-order valence-corrected chi connectivity index (χ3v) is 24.3. The average molecular weight is 2140 g/mol. The Morgan fingerprint density at radius 3 is 0.568 bits per heavy atom. The minimum Gasteiger partial charge on any atom is -0.381 e. The maximum Gasteiger partial charge on any atom is 0.216 e. The van der Waals surface area contributed by atoms with Crippen molar-refractivity contribution in [1.82, 2.24) is 10.6 Å². The first-order valence-corrected chi connectivity index (χ1v) is 57.2. The van der Waals surface area contributed by atoms with E-state index in [1.54, 1.807) is 0 Å². The average Bonchev–Trinajstić information content (AvgIpc) is 0.915. The molecule has 2 amide bonds. The van der Waals surface area contributed by atoms with E-state index in [4.69, 9.17) is 116 Å². The van der Waals surface area contributed by atoms with Gasteiger partial charge in [0.25, 0.3) is 0 Å². The van der Waals surface area contributed by atoms with Crippen molar-refractivity contribution in [2.75, 3.05) is 258 Å². The molecule has 0 aliphatic carbocycles. The molecule has 0 spiro atoms. The number of unbranched alkanes of at least 4 members (excludes halogenated alkanes) is 12. The van der Waals surface area contributed by atoms with Crippen LogP contribution in [0.1, 0.15) is 517 Å². The van der Waals surface area contributed by atoms with Gasteiger partial charge in [-0.25, -0.2) is 0 Å². The van der Waals surface area contributed by atoms with Crippen LogP contribution in [0.15, 0.2) is 0 Å². The minimum atomic E-state index is -0.373. The molecule has 146 heavy (non-hydrogen) atoms. The van der Waals surface area contributed by atoms with Crippen molar-refractivity contribution < 1.29 is 126 Å². The summed E-state index contributed by atoms with van der Waals surface area (Å²) in [4.78, 5) is 22.2. The van der Waals surface area contributed by atoms with E-state index in [2.05, 4.69) is 17.6 Å². The summed E-state index contributed by atoms with van der Waals surface area (Å²) in [7, 11) is 0. The van der Waals surface area contributed by atoms with Crippen LogP contribution in [0.25, 0.3) is 0 Å². The molecule has 0 aromatic carbocycles. The monoisotopic (exact) mass is 2140 g/mol. The van der Waals surface area contributed by atoms with Gasteiger partial charge in [0.1, 0.15) is 0 Å². The van der Waals surface area contributed by atoms with E-state index in [1.165, 1.54) is 13.8 Å². The topological polar surface area (TPSA) is 234 Å². The number of hydrogen-bond acceptors (Lipinski definition) is 21. The van der Waals surface area contributed by atoms with E-state index < -0.39 is 0 Å². The van der Waals surface area contributed by atoms with Gasteiger partial charge in [0.2, 0.25) is 11.8 Å². The molecule has 0 atom stereocenters. The maximum atomic E-state index is 11.1. The molecule has 2 N–H and O–H groups in total. The quantitative estimate of drug-likeness (QED) is 0.0539. The lowest BCUT2D eigenvalue weighted by Crippen LogP contribution is -2.44. The molecular formula is C123H260N2O21. The molecule has 0 aromatic heterocycles. The summed E-state index contributed by atoms with van der Waals surface area (Å²) in [5, 5.41) is 5.63. The Morgan fingerprint density at radius 1 is 0.185 bits per heavy atom. The molecule has 0 rings (SSSR count). The Morgan fingerprint density at radius 2 is 0.363 bits per heavy atom. The fourth-order valence-electron chi connectivity index (χ4n) is 15.9. The van der Waals surface area contributed by atoms with Crippen LogP contribution in [0, 0.1) is 37.9 Å². The predicted molar refractivity (Wildman–Crippen MR) is 622 cm³/mol. The van der Waals surface area contributed by atoms with Crippen molar-refractivity contribution in [1.29, 1.82) is 0 Å². The van der Waals surface area contributed by atoms with E-state index in [-0.39, 0.29) is 55.3 Å². The summed E-state index contributed by atoms with van der Waals surface area (Å²) < 4.78 is 247. The normalized spacial score (nSPS) is 13.6. The molecule has 0 saturated heterocycles. The van der Waals surface area contributed by atoms with Crippen LogP contribution in [0.5, 0.6) is 0 Å². The molecule has 0 bridgehead atoms. The summed E-state index contributed by atoms with van der Waals surface area (Å²) in [5.41, 5.74) is -1.21. The molecule has 0 heterocycles. The second-order valence-corrected chi connectivity index (χ2v) is 38.5. The summed E-state index contributed by atoms with van der Waals surface area (Å²) in [5.74, 6) is -0.187. The van der Waals surface area contributed by atoms with Crippen molar-refractivity contribution in [2.24, 2.45) is 37.9 Å². The first kappa shape index (κ1) is 123. The molecule has 23 nitrogen and oxygen atoms in total. The zero-order valence-electron chi connectivity index (χ0n) is 117. The number of carbonyl (C=O) groups is 2. The van der Waals surface area contributed by atoms with Gasteiger partial charge in [0.05, 0.1) is 141 Å². The number of rotatable bonds is 102. The molecule has 0 aliphatic rings. The summed E-state index contributed by atoms with van der Waals surface area (Å²) >= 11 is 0. The van der Waals surface area contributed by atoms with Gasteiger partial charge in [-0.2, -0.15) is 0 Å². The highest BCUT2D eigenvalue weighted by atomic mass is 16.5. The van der Waals surface area contributed by atoms with Gasteiger partial charge in [-0.05, 0) is 203 Å². The van der Waals surface area contributed by atoms with Gasteiger partial charge in [-0.15, -0.1) is 0 Å². The van der Waals surface area contributed by atoms with Crippen LogP contribution in [0.4, 0.5) is 0 Å². The second kappa shape index (κ2) is 122. The molecule has 0 aliphatic heterocycles. The van der Waals surface area contributed by atoms with Crippen molar-refractivity contribution in [2.45, 2.75) is 496 Å². The van der Waals surface area contributed by atoms with Gasteiger partial charge >= 0.3 is 0 Å². The SMILES string of the molecule is [3H]CCCC(CCC[3H])(CCC[3H])COCC.[3H]CCCC(CCC[3H])(CCC[3H])OCC.[3H]CCCC(CCC[3H])(CNC(C)=O)CNC(C)=O.[3H]CCCC(CCC[3H])(COCC)COCC.[3H]CCCCCOCC(CC)(COCC)COCC.[3H]CCCCCOCC(COCC)(COCC)COCCCCC[3H].[3H]CCCCCOCC(COCC)(COCCCCC[3H])COCCCCC[3H].[3H]CCCOCC(COCC)(COCCC[3H])COCCC[3H]. The Kier molecular flexibility index (Phi) is 102. The highest BCUT2D eigenvalue weighted by Gasteiger charge is 2.38. The molecular weight excluding hydrogens is 1840 g/mol. The van der Waals surface area contributed by atoms with Crippen molar-refractivity contribution in [3.05, 3.63) is 0 Å². The summed E-state index contributed by atoms with van der Waals surface area (Å²) in [6, 6.07) is 0. The van der Waals surface area contributed by atoms with Crippen LogP contribution in [-0.4, -0.2) is 275 Å². The predicted octanol–water partition coefficient (Wildman–Crippen LogP) is 31.1. The van der Waals surface area contributed by atoms with Gasteiger partial charge in [0, 0.05) is 195 Å². The van der Waals surface area contributed by atoms with Gasteiger partial charge in [-0.3, -0.25) is 9.59 Å². The number of carbonyl (C=O) groups excluding carboxylic acids is 2. The zero-order valence-corrected chi connectivity index (χ0v) is 98.3. The lowest BCUT2D eigenvalue weighted by atomic mass is 9.76. The highest BCUT2D eigenvalue weighted by Crippen LogP contribution is 2.37. The number of ether oxygens (including phenoxy) is 19. The van der Waals surface area contributed by atoms with Crippen LogP contribution in [0.3, 0.4) is 0 Å². The van der Waals surface area contributed by atoms with Crippen LogP contribution < -0.4 is 10.6 Å². The Labute approximate surface area is 936 Å². The van der Waals surface area contributed by atoms with Crippen molar-refractivity contribution >= 4 is 11.8 Å². The van der Waals surface area contributed by atoms with E-state index in [0.29, 0.717) is 362 Å². The summed E-state index contributed by atoms with van der Waals surface area (Å²) in [6.45, 7) is 57.9. The van der Waals surface area contributed by atoms with E-state index in [1.807, 2.05) is 69.2 Å². The standard InChI is InChI=1S/C22H46O4.C19H40O4.C16H34O4.C15H32O3.C13H26N2O2.C13H28O2.C13H28O.C12H26O/c1-5-9-12-15-24-19-22(18-23-8-4,20-25-16-13-10-6-2)21-26-17-14-11-7-3;1-5-9-11-13-22-17-19(15-20-7-3,16-21-8-4)18-23-14-12-10-6-2;1-5-9-18-13-16(12-17-8-4,14-19-10-6-2)15-20-11-7-3;1-5-9-10-11-18-14-15(6-2,12-16-7-3)13-17-8-4;1-5-7-13(8-6-2,9-14-11(3)16)10-15-12(4)17;1-5-9-13(10-6-2,11-14-7-3)12-15-8-4;1-5-9-13(10-6-2,11-7-3)12-14-8-4;1-5-9-12(10-6-2,11-7-3)13-8-4/h5-21H2,1-4H3;5-18H2,1-4H3;5-15H2,1-4H3;5-14H2,1-4H3;5-10H2,1-4H3,(H,14,16)(H,15,17);5-12H2,1-4H3;5-12H2,1-4H3;5-11H2,1-4H3/i1T,2T,3T;1T,2T;1T,2T,3T;1T;2*1T,2T;2*1T,2T,3T. The zero-order chi connectivity index (χ0) is 125. The number of amides is 2. The maximum absolute atomic E-state index is 11.1. The third-order valence-electron chi connectivity index (χ3n) is 24.3. The van der Waals surface area contributed by atoms with E-state index in [9.17, 15) is 9.59 Å². The largest absolute Gasteiger partial charge is 0.381 e. The van der Waals surface area contributed by atoms with Crippen LogP contribution in [-0.2, 0) is 99.6 Å². The molecule has 23 heteroatoms. The Hall–Kier alpha value is -1.82. The van der Waals surface area contributed by atoms with E-state index >= 15 is 0 Å². The molecule has 888 valence electrons. The fraction of sp³-hybridized carbons (Fsp3) is 0.984. The lowest BCUT2D eigenvalue weighted by molar-refractivity contribution is -0.119. The van der Waals surface area contributed by atoms with E-state index in [0.717, 1.165) is 297 Å². The van der Waals surface area contributed by atoms with Gasteiger partial charge in [0.15, 0.2) is 0 Å². The highest BCUT2D eigenvalue weighted by molar-refractivity contribution is 5.73. The lowest BCUT2D eigenvalue weighted by Gasteiger charge is -2.33. The smallest absolute Gasteiger partial charge is 0.216 e. The number of nitrogens with one attached hydrogen (secondary N) is 2. The Bertz CT molecular complexity index is 2610. The Balaban J connectivity index is -0.000000287. The molecule has 0 fully saturated rings. The first-order valence-electron chi connectivity index (χ1n) is 70.7. The first-order chi connectivity index (χ1) is 80.2. The summed E-state index contributed by atoms with van der Waals surface area (Å²) in [6.07, 6.45) is 38.7. The van der Waals surface area contributed by atoms with Crippen LogP contribution in [0.2, 0.25) is 0 Å². The molecule has 0 unspecified atom stereocenters. The molecule has 0 radical (unpaired) electrons.